The molecule has 0 saturated carbocycles. The van der Waals surface area contributed by atoms with Crippen LogP contribution in [-0.4, -0.2) is 6.21 Å². The lowest BCUT2D eigenvalue weighted by atomic mass is 10.1. The van der Waals surface area contributed by atoms with E-state index in [0.717, 1.165) is 23.1 Å². The van der Waals surface area contributed by atoms with Gasteiger partial charge in [0, 0.05) is 5.56 Å². The molecule has 0 aliphatic carbocycles. The van der Waals surface area contributed by atoms with Crippen molar-refractivity contribution >= 4 is 12.3 Å². The third kappa shape index (κ3) is 3.82. The van der Waals surface area contributed by atoms with Gasteiger partial charge in [-0.2, -0.15) is 0 Å². The van der Waals surface area contributed by atoms with Crippen molar-refractivity contribution in [3.63, 3.8) is 0 Å². The summed E-state index contributed by atoms with van der Waals surface area (Å²) in [5, 5.41) is 3.93. The van der Waals surface area contributed by atoms with Crippen LogP contribution >= 0.6 is 0 Å². The number of rotatable bonds is 6. The van der Waals surface area contributed by atoms with E-state index in [1.807, 2.05) is 48.5 Å². The Kier molecular flexibility index (Phi) is 5.13. The molecule has 0 fully saturated rings. The van der Waals surface area contributed by atoms with Crippen LogP contribution in [0.5, 0.6) is 0 Å². The number of benzene rings is 2. The minimum atomic E-state index is 0.434. The molecule has 2 rings (SSSR count). The Balaban J connectivity index is 1.95. The fourth-order valence-electron chi connectivity index (χ4n) is 1.94. The maximum absolute atomic E-state index is 5.30. The van der Waals surface area contributed by atoms with E-state index in [1.165, 1.54) is 5.56 Å². The van der Waals surface area contributed by atoms with E-state index in [2.05, 4.69) is 30.9 Å². The second-order valence-electron chi connectivity index (χ2n) is 4.44. The number of hydrogen-bond acceptors (Lipinski definition) is 2. The highest BCUT2D eigenvalue weighted by atomic mass is 16.6. The van der Waals surface area contributed by atoms with Crippen molar-refractivity contribution in [3.05, 3.63) is 77.4 Å². The summed E-state index contributed by atoms with van der Waals surface area (Å²) in [7, 11) is 0. The van der Waals surface area contributed by atoms with E-state index in [9.17, 15) is 0 Å². The summed E-state index contributed by atoms with van der Waals surface area (Å²) in [5.41, 5.74) is 4.34. The van der Waals surface area contributed by atoms with E-state index < -0.39 is 0 Å². The average Bonchev–Trinajstić information content (AvgIpc) is 2.52. The molecular formula is C18H18NO. The number of aryl methyl sites for hydroxylation is 1. The van der Waals surface area contributed by atoms with Crippen molar-refractivity contribution in [2.75, 3.05) is 0 Å². The molecule has 0 heterocycles. The topological polar surface area (TPSA) is 21.6 Å². The molecule has 0 aliphatic heterocycles. The molecule has 1 radical (unpaired) electrons. The van der Waals surface area contributed by atoms with E-state index in [4.69, 9.17) is 4.84 Å². The molecular weight excluding hydrogens is 246 g/mol. The van der Waals surface area contributed by atoms with Gasteiger partial charge in [0.05, 0.1) is 0 Å². The number of hydrogen-bond donors (Lipinski definition) is 0. The van der Waals surface area contributed by atoms with Crippen molar-refractivity contribution in [1.29, 1.82) is 0 Å². The van der Waals surface area contributed by atoms with Gasteiger partial charge < -0.3 is 4.84 Å². The summed E-state index contributed by atoms with van der Waals surface area (Å²) in [6, 6.07) is 16.1. The highest BCUT2D eigenvalue weighted by Crippen LogP contribution is 2.09. The molecule has 2 nitrogen and oxygen atoms in total. The van der Waals surface area contributed by atoms with Gasteiger partial charge in [-0.1, -0.05) is 67.2 Å². The third-order valence-electron chi connectivity index (χ3n) is 3.05. The maximum atomic E-state index is 5.30. The Hall–Kier alpha value is -2.35. The van der Waals surface area contributed by atoms with Crippen LogP contribution in [-0.2, 0) is 17.9 Å². The first-order valence-electron chi connectivity index (χ1n) is 6.70. The Morgan fingerprint density at radius 1 is 1.20 bits per heavy atom. The van der Waals surface area contributed by atoms with Crippen molar-refractivity contribution in [2.45, 2.75) is 20.0 Å². The van der Waals surface area contributed by atoms with Gasteiger partial charge in [0.1, 0.15) is 12.8 Å². The first-order chi connectivity index (χ1) is 9.83. The Bertz CT molecular complexity index is 602. The van der Waals surface area contributed by atoms with E-state index >= 15 is 0 Å². The van der Waals surface area contributed by atoms with Gasteiger partial charge in [0.25, 0.3) is 0 Å². The predicted molar refractivity (Wildman–Crippen MR) is 83.7 cm³/mol. The lowest BCUT2D eigenvalue weighted by Gasteiger charge is -2.02. The molecule has 0 unspecified atom stereocenters. The van der Waals surface area contributed by atoms with Crippen LogP contribution in [0.1, 0.15) is 29.2 Å². The first-order valence-corrected chi connectivity index (χ1v) is 6.70. The quantitative estimate of drug-likeness (QED) is 0.562. The van der Waals surface area contributed by atoms with Crippen molar-refractivity contribution in [1.82, 2.24) is 0 Å². The van der Waals surface area contributed by atoms with Crippen molar-refractivity contribution in [3.8, 4) is 0 Å². The van der Waals surface area contributed by atoms with Gasteiger partial charge in [-0.3, -0.25) is 0 Å². The standard InChI is InChI=1S/C18H18NO/c1-3-15-8-7-9-16(12-15)14-20-19-13-18-11-6-5-10-17(18)4-2/h3,5-12H,1,4,14H2,2H3. The van der Waals surface area contributed by atoms with Crippen molar-refractivity contribution < 1.29 is 4.84 Å². The predicted octanol–water partition coefficient (Wildman–Crippen LogP) is 4.32. The van der Waals surface area contributed by atoms with Gasteiger partial charge in [-0.15, -0.1) is 0 Å². The molecule has 0 bridgehead atoms. The highest BCUT2D eigenvalue weighted by Gasteiger charge is 1.97. The van der Waals surface area contributed by atoms with Crippen molar-refractivity contribution in [2.24, 2.45) is 5.16 Å². The first kappa shape index (κ1) is 14.1. The zero-order valence-corrected chi connectivity index (χ0v) is 11.7. The summed E-state index contributed by atoms with van der Waals surface area (Å²) in [6.45, 7) is 6.30. The Morgan fingerprint density at radius 2 is 2.05 bits per heavy atom. The SMILES string of the molecule is C=Cc1cccc(CO/N=[C]\c2ccccc2CC)c1. The second kappa shape index (κ2) is 7.29. The molecule has 0 aliphatic rings. The largest absolute Gasteiger partial charge is 0.390 e. The maximum Gasteiger partial charge on any atom is 0.142 e. The molecule has 2 aromatic rings. The smallest absolute Gasteiger partial charge is 0.142 e. The Morgan fingerprint density at radius 3 is 2.85 bits per heavy atom. The monoisotopic (exact) mass is 264 g/mol. The molecule has 101 valence electrons. The van der Waals surface area contributed by atoms with Crippen LogP contribution in [0.2, 0.25) is 0 Å². The molecule has 0 saturated heterocycles. The minimum Gasteiger partial charge on any atom is -0.390 e. The third-order valence-corrected chi connectivity index (χ3v) is 3.05. The van der Waals surface area contributed by atoms with Crippen LogP contribution in [0.4, 0.5) is 0 Å². The molecule has 0 amide bonds. The second-order valence-corrected chi connectivity index (χ2v) is 4.44. The fraction of sp³-hybridized carbons (Fsp3) is 0.167. The summed E-state index contributed by atoms with van der Waals surface area (Å²) in [4.78, 5) is 5.30. The molecule has 0 aromatic heterocycles. The van der Waals surface area contributed by atoms with Crippen LogP contribution in [0, 0.1) is 0 Å². The van der Waals surface area contributed by atoms with Crippen LogP contribution < -0.4 is 0 Å². The average molecular weight is 264 g/mol. The van der Waals surface area contributed by atoms with Gasteiger partial charge in [-0.25, -0.2) is 0 Å². The normalized spacial score (nSPS) is 10.7. The zero-order chi connectivity index (χ0) is 14.2. The molecule has 0 spiro atoms. The van der Waals surface area contributed by atoms with Crippen LogP contribution in [0.3, 0.4) is 0 Å². The Labute approximate surface area is 120 Å². The molecule has 20 heavy (non-hydrogen) atoms. The summed E-state index contributed by atoms with van der Waals surface area (Å²) in [5.74, 6) is 0. The highest BCUT2D eigenvalue weighted by molar-refractivity contribution is 5.81. The van der Waals surface area contributed by atoms with E-state index in [0.29, 0.717) is 6.61 Å². The molecule has 0 N–H and O–H groups in total. The van der Waals surface area contributed by atoms with Crippen LogP contribution in [0.25, 0.3) is 6.08 Å². The summed E-state index contributed by atoms with van der Waals surface area (Å²) < 4.78 is 0. The van der Waals surface area contributed by atoms with Crippen LogP contribution in [0.15, 0.2) is 60.3 Å². The number of nitrogens with zero attached hydrogens (tertiary/aromatic N) is 1. The fourth-order valence-corrected chi connectivity index (χ4v) is 1.94. The zero-order valence-electron chi connectivity index (χ0n) is 11.7. The van der Waals surface area contributed by atoms with Gasteiger partial charge in [0.15, 0.2) is 0 Å². The van der Waals surface area contributed by atoms with Gasteiger partial charge in [-0.05, 0) is 29.2 Å². The lowest BCUT2D eigenvalue weighted by molar-refractivity contribution is 0.132. The molecule has 2 heteroatoms. The van der Waals surface area contributed by atoms with E-state index in [-0.39, 0.29) is 0 Å². The molecule has 0 atom stereocenters. The minimum absolute atomic E-state index is 0.434. The molecule has 2 aromatic carbocycles. The van der Waals surface area contributed by atoms with E-state index in [1.54, 1.807) is 0 Å². The van der Waals surface area contributed by atoms with Gasteiger partial charge in [0.2, 0.25) is 0 Å². The van der Waals surface area contributed by atoms with Gasteiger partial charge >= 0.3 is 0 Å². The lowest BCUT2D eigenvalue weighted by Crippen LogP contribution is -1.92. The summed E-state index contributed by atoms with van der Waals surface area (Å²) in [6.07, 6.45) is 5.72. The summed E-state index contributed by atoms with van der Waals surface area (Å²) >= 11 is 0.